The van der Waals surface area contributed by atoms with Gasteiger partial charge in [0.15, 0.2) is 0 Å². The van der Waals surface area contributed by atoms with Crippen molar-refractivity contribution in [2.45, 2.75) is 97.3 Å². The highest BCUT2D eigenvalue weighted by molar-refractivity contribution is 5.66. The molecule has 2 heteroatoms. The molecule has 0 bridgehead atoms. The first-order valence-electron chi connectivity index (χ1n) is 9.05. The van der Waals surface area contributed by atoms with Crippen molar-refractivity contribution in [3.05, 3.63) is 12.2 Å². The van der Waals surface area contributed by atoms with Crippen LogP contribution in [0.15, 0.2) is 12.2 Å². The fraction of sp³-hybridized carbons (Fsp3) is 0.842. The summed E-state index contributed by atoms with van der Waals surface area (Å²) in [7, 11) is 0. The van der Waals surface area contributed by atoms with E-state index in [1.165, 1.54) is 64.2 Å². The third kappa shape index (κ3) is 17.2. The van der Waals surface area contributed by atoms with Crippen molar-refractivity contribution in [2.75, 3.05) is 0 Å². The predicted molar refractivity (Wildman–Crippen MR) is 91.6 cm³/mol. The van der Waals surface area contributed by atoms with Gasteiger partial charge in [0.25, 0.3) is 0 Å². The van der Waals surface area contributed by atoms with Crippen molar-refractivity contribution in [2.24, 2.45) is 5.92 Å². The molecule has 0 spiro atoms. The summed E-state index contributed by atoms with van der Waals surface area (Å²) in [4.78, 5) is 10.4. The lowest BCUT2D eigenvalue weighted by molar-refractivity contribution is -0.137. The van der Waals surface area contributed by atoms with E-state index in [1.54, 1.807) is 0 Å². The van der Waals surface area contributed by atoms with E-state index in [0.717, 1.165) is 12.8 Å². The summed E-state index contributed by atoms with van der Waals surface area (Å²) in [6.07, 6.45) is 20.0. The smallest absolute Gasteiger partial charge is 0.303 e. The monoisotopic (exact) mass is 296 g/mol. The standard InChI is InChI=1S/C19H36O2/c1-3-4-5-6-7-9-12-15-18(2)16-13-10-8-11-14-17-19(20)21/h12,15,18H,3-11,13-14,16-17H2,1-2H3,(H,20,21)/b15-12+. The van der Waals surface area contributed by atoms with Gasteiger partial charge in [-0.25, -0.2) is 0 Å². The van der Waals surface area contributed by atoms with E-state index >= 15 is 0 Å². The van der Waals surface area contributed by atoms with Crippen molar-refractivity contribution in [3.63, 3.8) is 0 Å². The number of hydrogen-bond acceptors (Lipinski definition) is 1. The van der Waals surface area contributed by atoms with Crippen LogP contribution in [0.5, 0.6) is 0 Å². The van der Waals surface area contributed by atoms with E-state index in [2.05, 4.69) is 26.0 Å². The van der Waals surface area contributed by atoms with Gasteiger partial charge in [-0.2, -0.15) is 0 Å². The van der Waals surface area contributed by atoms with Crippen LogP contribution in [0.1, 0.15) is 97.3 Å². The fourth-order valence-corrected chi connectivity index (χ4v) is 2.56. The molecule has 0 saturated heterocycles. The second kappa shape index (κ2) is 15.6. The van der Waals surface area contributed by atoms with Crippen molar-refractivity contribution in [1.29, 1.82) is 0 Å². The first-order valence-corrected chi connectivity index (χ1v) is 9.05. The van der Waals surface area contributed by atoms with E-state index in [9.17, 15) is 4.79 Å². The molecule has 0 aromatic carbocycles. The van der Waals surface area contributed by atoms with Gasteiger partial charge in [0.1, 0.15) is 0 Å². The molecule has 2 nitrogen and oxygen atoms in total. The van der Waals surface area contributed by atoms with Crippen LogP contribution in [-0.2, 0) is 4.79 Å². The summed E-state index contributed by atoms with van der Waals surface area (Å²) in [5.74, 6) is 0.0307. The first-order chi connectivity index (χ1) is 10.2. The molecule has 1 unspecified atom stereocenters. The van der Waals surface area contributed by atoms with Crippen LogP contribution in [-0.4, -0.2) is 11.1 Å². The Morgan fingerprint density at radius 3 is 2.29 bits per heavy atom. The van der Waals surface area contributed by atoms with Gasteiger partial charge in [-0.05, 0) is 31.6 Å². The molecule has 21 heavy (non-hydrogen) atoms. The van der Waals surface area contributed by atoms with Gasteiger partial charge in [-0.15, -0.1) is 0 Å². The highest BCUT2D eigenvalue weighted by Crippen LogP contribution is 2.14. The lowest BCUT2D eigenvalue weighted by atomic mass is 10.0. The van der Waals surface area contributed by atoms with Gasteiger partial charge in [0, 0.05) is 6.42 Å². The fourth-order valence-electron chi connectivity index (χ4n) is 2.56. The van der Waals surface area contributed by atoms with Gasteiger partial charge in [-0.1, -0.05) is 77.4 Å². The van der Waals surface area contributed by atoms with Gasteiger partial charge in [0.2, 0.25) is 0 Å². The minimum Gasteiger partial charge on any atom is -0.481 e. The van der Waals surface area contributed by atoms with E-state index in [0.29, 0.717) is 12.3 Å². The molecule has 0 aromatic heterocycles. The molecular formula is C19H36O2. The second-order valence-corrected chi connectivity index (χ2v) is 6.31. The zero-order valence-electron chi connectivity index (χ0n) is 14.3. The van der Waals surface area contributed by atoms with Gasteiger partial charge in [-0.3, -0.25) is 4.79 Å². The Balaban J connectivity index is 3.29. The molecule has 124 valence electrons. The van der Waals surface area contributed by atoms with Crippen LogP contribution in [0, 0.1) is 5.92 Å². The molecule has 0 aliphatic heterocycles. The molecule has 0 aliphatic rings. The largest absolute Gasteiger partial charge is 0.481 e. The van der Waals surface area contributed by atoms with E-state index in [1.807, 2.05) is 0 Å². The average Bonchev–Trinajstić information content (AvgIpc) is 2.45. The highest BCUT2D eigenvalue weighted by Gasteiger charge is 1.99. The summed E-state index contributed by atoms with van der Waals surface area (Å²) in [6, 6.07) is 0. The minimum absolute atomic E-state index is 0.331. The third-order valence-corrected chi connectivity index (χ3v) is 3.99. The molecule has 0 saturated carbocycles. The molecule has 0 aromatic rings. The van der Waals surface area contributed by atoms with Crippen LogP contribution in [0.4, 0.5) is 0 Å². The number of allylic oxidation sites excluding steroid dienone is 2. The molecule has 1 atom stereocenters. The lowest BCUT2D eigenvalue weighted by Crippen LogP contribution is -1.94. The van der Waals surface area contributed by atoms with Crippen LogP contribution < -0.4 is 0 Å². The van der Waals surface area contributed by atoms with Crippen LogP contribution >= 0.6 is 0 Å². The Kier molecular flexibility index (Phi) is 15.0. The minimum atomic E-state index is -0.663. The Bertz CT molecular complexity index is 258. The number of unbranched alkanes of at least 4 members (excludes halogenated alkanes) is 9. The molecule has 0 radical (unpaired) electrons. The van der Waals surface area contributed by atoms with Crippen LogP contribution in [0.2, 0.25) is 0 Å². The molecule has 0 rings (SSSR count). The summed E-state index contributed by atoms with van der Waals surface area (Å²) in [5.41, 5.74) is 0. The van der Waals surface area contributed by atoms with Gasteiger partial charge < -0.3 is 5.11 Å². The maximum atomic E-state index is 10.4. The molecule has 0 heterocycles. The van der Waals surface area contributed by atoms with Crippen LogP contribution in [0.25, 0.3) is 0 Å². The van der Waals surface area contributed by atoms with Crippen molar-refractivity contribution in [1.82, 2.24) is 0 Å². The molecule has 1 N–H and O–H groups in total. The summed E-state index contributed by atoms with van der Waals surface area (Å²) >= 11 is 0. The van der Waals surface area contributed by atoms with Crippen molar-refractivity contribution < 1.29 is 9.90 Å². The molecule has 0 fully saturated rings. The van der Waals surface area contributed by atoms with E-state index in [-0.39, 0.29) is 0 Å². The van der Waals surface area contributed by atoms with Gasteiger partial charge >= 0.3 is 5.97 Å². The summed E-state index contributed by atoms with van der Waals surface area (Å²) in [5, 5.41) is 8.54. The van der Waals surface area contributed by atoms with Crippen LogP contribution in [0.3, 0.4) is 0 Å². The molecule has 0 amide bonds. The van der Waals surface area contributed by atoms with Gasteiger partial charge in [0.05, 0.1) is 0 Å². The number of rotatable bonds is 15. The third-order valence-electron chi connectivity index (χ3n) is 3.99. The first kappa shape index (κ1) is 20.2. The quantitative estimate of drug-likeness (QED) is 0.282. The van der Waals surface area contributed by atoms with E-state index < -0.39 is 5.97 Å². The number of hydrogen-bond donors (Lipinski definition) is 1. The SMILES string of the molecule is CCCCCCC/C=C/C(C)CCCCCCCC(=O)O. The summed E-state index contributed by atoms with van der Waals surface area (Å²) < 4.78 is 0. The zero-order valence-corrected chi connectivity index (χ0v) is 14.3. The topological polar surface area (TPSA) is 37.3 Å². The molecule has 0 aliphatic carbocycles. The Labute approximate surface area is 132 Å². The predicted octanol–water partition coefficient (Wildman–Crippen LogP) is 6.35. The Morgan fingerprint density at radius 1 is 0.952 bits per heavy atom. The zero-order chi connectivity index (χ0) is 15.8. The Morgan fingerprint density at radius 2 is 1.57 bits per heavy atom. The van der Waals surface area contributed by atoms with E-state index in [4.69, 9.17) is 5.11 Å². The number of carboxylic acids is 1. The normalized spacial score (nSPS) is 12.9. The number of carbonyl (C=O) groups is 1. The van der Waals surface area contributed by atoms with Crippen molar-refractivity contribution >= 4 is 5.97 Å². The lowest BCUT2D eigenvalue weighted by Gasteiger charge is -2.06. The molecular weight excluding hydrogens is 260 g/mol. The second-order valence-electron chi connectivity index (χ2n) is 6.31. The van der Waals surface area contributed by atoms with Crippen molar-refractivity contribution in [3.8, 4) is 0 Å². The number of carboxylic acid groups (broad SMARTS) is 1. The Hall–Kier alpha value is -0.790. The maximum absolute atomic E-state index is 10.4. The average molecular weight is 296 g/mol. The highest BCUT2D eigenvalue weighted by atomic mass is 16.4. The maximum Gasteiger partial charge on any atom is 0.303 e. The number of aliphatic carboxylic acids is 1. The summed E-state index contributed by atoms with van der Waals surface area (Å²) in [6.45, 7) is 4.56.